The third-order valence-electron chi connectivity index (χ3n) is 3.44. The fourth-order valence-corrected chi connectivity index (χ4v) is 2.24. The molecule has 3 heteroatoms. The first kappa shape index (κ1) is 12.1. The fourth-order valence-electron chi connectivity index (χ4n) is 2.24. The van der Waals surface area contributed by atoms with Crippen molar-refractivity contribution in [1.82, 2.24) is 10.6 Å². The second kappa shape index (κ2) is 5.32. The Bertz CT molecular complexity index is 369. The molecule has 2 N–H and O–H groups in total. The van der Waals surface area contributed by atoms with Crippen molar-refractivity contribution in [1.29, 1.82) is 0 Å². The lowest BCUT2D eigenvalue weighted by Gasteiger charge is -2.32. The van der Waals surface area contributed by atoms with Crippen LogP contribution in [0.25, 0.3) is 0 Å². The molecule has 1 aromatic rings. The molecule has 1 heterocycles. The molecule has 17 heavy (non-hydrogen) atoms. The van der Waals surface area contributed by atoms with E-state index in [9.17, 15) is 4.79 Å². The lowest BCUT2D eigenvalue weighted by atomic mass is 9.82. The molecule has 1 atom stereocenters. The average Bonchev–Trinajstić information content (AvgIpc) is 2.38. The number of hydrogen-bond donors (Lipinski definition) is 2. The highest BCUT2D eigenvalue weighted by Gasteiger charge is 2.34. The number of carbonyl (C=O) groups excluding carboxylic acids is 1. The molecule has 0 aromatic heterocycles. The summed E-state index contributed by atoms with van der Waals surface area (Å²) < 4.78 is 0. The van der Waals surface area contributed by atoms with Gasteiger partial charge in [0.25, 0.3) is 0 Å². The number of piperidine rings is 1. The van der Waals surface area contributed by atoms with Crippen LogP contribution in [0.4, 0.5) is 0 Å². The van der Waals surface area contributed by atoms with Crippen LogP contribution in [-0.4, -0.2) is 19.0 Å². The van der Waals surface area contributed by atoms with Crippen molar-refractivity contribution in [3.8, 4) is 0 Å². The van der Waals surface area contributed by atoms with Gasteiger partial charge in [-0.3, -0.25) is 4.79 Å². The Labute approximate surface area is 103 Å². The molecule has 1 aliphatic heterocycles. The van der Waals surface area contributed by atoms with Gasteiger partial charge in [0.2, 0.25) is 5.91 Å². The van der Waals surface area contributed by atoms with E-state index in [4.69, 9.17) is 0 Å². The normalized spacial score (nSPS) is 24.3. The molecule has 1 fully saturated rings. The molecule has 1 aromatic carbocycles. The van der Waals surface area contributed by atoms with Crippen molar-refractivity contribution in [3.63, 3.8) is 0 Å². The molecule has 0 bridgehead atoms. The van der Waals surface area contributed by atoms with Gasteiger partial charge in [0.1, 0.15) is 0 Å². The quantitative estimate of drug-likeness (QED) is 0.832. The van der Waals surface area contributed by atoms with Gasteiger partial charge in [0.05, 0.1) is 5.41 Å². The summed E-state index contributed by atoms with van der Waals surface area (Å²) in [6.45, 7) is 4.48. The topological polar surface area (TPSA) is 41.1 Å². The summed E-state index contributed by atoms with van der Waals surface area (Å²) >= 11 is 0. The number of rotatable bonds is 3. The fraction of sp³-hybridized carbons (Fsp3) is 0.500. The van der Waals surface area contributed by atoms with Crippen molar-refractivity contribution < 1.29 is 4.79 Å². The van der Waals surface area contributed by atoms with Crippen LogP contribution in [0.1, 0.15) is 25.3 Å². The summed E-state index contributed by atoms with van der Waals surface area (Å²) in [6.07, 6.45) is 2.05. The summed E-state index contributed by atoms with van der Waals surface area (Å²) in [5, 5.41) is 6.32. The minimum Gasteiger partial charge on any atom is -0.352 e. The van der Waals surface area contributed by atoms with E-state index in [1.54, 1.807) is 0 Å². The minimum absolute atomic E-state index is 0.161. The summed E-state index contributed by atoms with van der Waals surface area (Å²) in [6, 6.07) is 10.0. The first-order valence-corrected chi connectivity index (χ1v) is 6.24. The van der Waals surface area contributed by atoms with E-state index in [0.29, 0.717) is 6.54 Å². The van der Waals surface area contributed by atoms with E-state index in [2.05, 4.69) is 10.6 Å². The Hall–Kier alpha value is -1.35. The van der Waals surface area contributed by atoms with Crippen molar-refractivity contribution in [3.05, 3.63) is 35.9 Å². The second-order valence-corrected chi connectivity index (χ2v) is 5.01. The van der Waals surface area contributed by atoms with Crippen LogP contribution in [0, 0.1) is 5.41 Å². The molecule has 0 aliphatic carbocycles. The number of benzene rings is 1. The third kappa shape index (κ3) is 3.07. The zero-order valence-electron chi connectivity index (χ0n) is 10.3. The highest BCUT2D eigenvalue weighted by molar-refractivity contribution is 5.82. The van der Waals surface area contributed by atoms with Gasteiger partial charge in [-0.1, -0.05) is 30.3 Å². The number of nitrogens with one attached hydrogen (secondary N) is 2. The van der Waals surface area contributed by atoms with Gasteiger partial charge < -0.3 is 10.6 Å². The van der Waals surface area contributed by atoms with Crippen LogP contribution in [0.15, 0.2) is 30.3 Å². The van der Waals surface area contributed by atoms with E-state index < -0.39 is 0 Å². The largest absolute Gasteiger partial charge is 0.352 e. The molecule has 0 saturated carbocycles. The molecule has 1 saturated heterocycles. The van der Waals surface area contributed by atoms with Crippen LogP contribution >= 0.6 is 0 Å². The van der Waals surface area contributed by atoms with Crippen LogP contribution in [0.5, 0.6) is 0 Å². The Balaban J connectivity index is 1.88. The monoisotopic (exact) mass is 232 g/mol. The maximum absolute atomic E-state index is 12.1. The second-order valence-electron chi connectivity index (χ2n) is 5.01. The van der Waals surface area contributed by atoms with Gasteiger partial charge >= 0.3 is 0 Å². The Morgan fingerprint density at radius 2 is 2.18 bits per heavy atom. The summed E-state index contributed by atoms with van der Waals surface area (Å²) in [4.78, 5) is 12.1. The minimum atomic E-state index is -0.243. The van der Waals surface area contributed by atoms with Crippen molar-refractivity contribution in [2.45, 2.75) is 26.3 Å². The van der Waals surface area contributed by atoms with E-state index >= 15 is 0 Å². The summed E-state index contributed by atoms with van der Waals surface area (Å²) in [5.41, 5.74) is 0.903. The SMILES string of the molecule is CC1(C(=O)NCc2ccccc2)CCCNC1. The molecule has 92 valence electrons. The smallest absolute Gasteiger partial charge is 0.227 e. The zero-order chi connectivity index (χ0) is 12.1. The molecule has 2 rings (SSSR count). The Kier molecular flexibility index (Phi) is 3.79. The highest BCUT2D eigenvalue weighted by atomic mass is 16.2. The van der Waals surface area contributed by atoms with Gasteiger partial charge in [0, 0.05) is 13.1 Å². The van der Waals surface area contributed by atoms with Gasteiger partial charge in [-0.25, -0.2) is 0 Å². The summed E-state index contributed by atoms with van der Waals surface area (Å²) in [5.74, 6) is 0.161. The molecular weight excluding hydrogens is 212 g/mol. The molecule has 1 unspecified atom stereocenters. The Morgan fingerprint density at radius 3 is 2.82 bits per heavy atom. The average molecular weight is 232 g/mol. The summed E-state index contributed by atoms with van der Waals surface area (Å²) in [7, 11) is 0. The lowest BCUT2D eigenvalue weighted by molar-refractivity contribution is -0.131. The van der Waals surface area contributed by atoms with Gasteiger partial charge in [-0.15, -0.1) is 0 Å². The zero-order valence-corrected chi connectivity index (χ0v) is 10.3. The van der Waals surface area contributed by atoms with Crippen LogP contribution in [0.2, 0.25) is 0 Å². The Morgan fingerprint density at radius 1 is 1.41 bits per heavy atom. The lowest BCUT2D eigenvalue weighted by Crippen LogP contribution is -2.48. The van der Waals surface area contributed by atoms with Gasteiger partial charge in [-0.2, -0.15) is 0 Å². The molecule has 1 amide bonds. The first-order chi connectivity index (χ1) is 8.21. The molecule has 3 nitrogen and oxygen atoms in total. The van der Waals surface area contributed by atoms with E-state index in [1.165, 1.54) is 0 Å². The maximum Gasteiger partial charge on any atom is 0.227 e. The van der Waals surface area contributed by atoms with Crippen LogP contribution in [0.3, 0.4) is 0 Å². The predicted molar refractivity (Wildman–Crippen MR) is 68.5 cm³/mol. The van der Waals surface area contributed by atoms with Gasteiger partial charge in [-0.05, 0) is 31.9 Å². The molecule has 1 aliphatic rings. The highest BCUT2D eigenvalue weighted by Crippen LogP contribution is 2.25. The molecule has 0 spiro atoms. The predicted octanol–water partition coefficient (Wildman–Crippen LogP) is 1.69. The third-order valence-corrected chi connectivity index (χ3v) is 3.44. The number of amides is 1. The van der Waals surface area contributed by atoms with E-state index in [-0.39, 0.29) is 11.3 Å². The van der Waals surface area contributed by atoms with Gasteiger partial charge in [0.15, 0.2) is 0 Å². The maximum atomic E-state index is 12.1. The van der Waals surface area contributed by atoms with Crippen LogP contribution in [-0.2, 0) is 11.3 Å². The standard InChI is InChI=1S/C14H20N2O/c1-14(8-5-9-15-11-14)13(17)16-10-12-6-3-2-4-7-12/h2-4,6-7,15H,5,8-11H2,1H3,(H,16,17). The van der Waals surface area contributed by atoms with Crippen molar-refractivity contribution >= 4 is 5.91 Å². The van der Waals surface area contributed by atoms with E-state index in [0.717, 1.165) is 31.5 Å². The van der Waals surface area contributed by atoms with E-state index in [1.807, 2.05) is 37.3 Å². The first-order valence-electron chi connectivity index (χ1n) is 6.24. The molecule has 0 radical (unpaired) electrons. The van der Waals surface area contributed by atoms with Crippen molar-refractivity contribution in [2.24, 2.45) is 5.41 Å². The number of carbonyl (C=O) groups is 1. The van der Waals surface area contributed by atoms with Crippen LogP contribution < -0.4 is 10.6 Å². The molecular formula is C14H20N2O. The number of hydrogen-bond acceptors (Lipinski definition) is 2. The van der Waals surface area contributed by atoms with Crippen molar-refractivity contribution in [2.75, 3.05) is 13.1 Å².